The van der Waals surface area contributed by atoms with Crippen molar-refractivity contribution in [2.45, 2.75) is 0 Å². The number of para-hydroxylation sites is 2. The number of rotatable bonds is 1. The second kappa shape index (κ2) is 3.50. The van der Waals surface area contributed by atoms with Crippen LogP contribution in [0.5, 0.6) is 0 Å². The minimum atomic E-state index is -1.03. The molecule has 2 rings (SSSR count). The summed E-state index contributed by atoms with van der Waals surface area (Å²) in [6.07, 6.45) is 1.23. The zero-order chi connectivity index (χ0) is 10.8. The summed E-state index contributed by atoms with van der Waals surface area (Å²) in [5.41, 5.74) is 0.832. The van der Waals surface area contributed by atoms with Crippen LogP contribution in [0.3, 0.4) is 0 Å². The highest BCUT2D eigenvalue weighted by Crippen LogP contribution is 2.30. The first-order valence-corrected chi connectivity index (χ1v) is 4.16. The predicted octanol–water partition coefficient (Wildman–Crippen LogP) is 1.44. The normalized spacial score (nSPS) is 13.7. The van der Waals surface area contributed by atoms with Crippen LogP contribution in [-0.2, 0) is 4.79 Å². The van der Waals surface area contributed by atoms with Crippen LogP contribution in [0.4, 0.5) is 11.4 Å². The van der Waals surface area contributed by atoms with Crippen LogP contribution in [-0.4, -0.2) is 11.1 Å². The van der Waals surface area contributed by atoms with Gasteiger partial charge in [-0.15, -0.1) is 4.91 Å². The number of hydroxylamine groups is 1. The van der Waals surface area contributed by atoms with Gasteiger partial charge in [0.25, 0.3) is 0 Å². The van der Waals surface area contributed by atoms with Gasteiger partial charge in [0.1, 0.15) is 0 Å². The highest BCUT2D eigenvalue weighted by Gasteiger charge is 2.23. The summed E-state index contributed by atoms with van der Waals surface area (Å²) in [5.74, 6) is -1.03. The standard InChI is InChI=1S/C9H7N3O3/c13-9(11-14)8-5-10-6-3-1-2-4-7(6)12(8)15/h1-5,10,15H. The van der Waals surface area contributed by atoms with Gasteiger partial charge in [-0.1, -0.05) is 12.1 Å². The third-order valence-corrected chi connectivity index (χ3v) is 2.03. The molecule has 2 N–H and O–H groups in total. The first-order chi connectivity index (χ1) is 7.24. The highest BCUT2D eigenvalue weighted by molar-refractivity contribution is 5.99. The summed E-state index contributed by atoms with van der Waals surface area (Å²) in [7, 11) is 0. The molecule has 6 heteroatoms. The van der Waals surface area contributed by atoms with Gasteiger partial charge in [-0.2, -0.15) is 0 Å². The zero-order valence-electron chi connectivity index (χ0n) is 7.54. The molecule has 0 unspecified atom stereocenters. The van der Waals surface area contributed by atoms with E-state index < -0.39 is 5.91 Å². The summed E-state index contributed by atoms with van der Waals surface area (Å²) in [6, 6.07) is 6.81. The van der Waals surface area contributed by atoms with Gasteiger partial charge in [0.05, 0.1) is 11.4 Å². The van der Waals surface area contributed by atoms with E-state index in [4.69, 9.17) is 0 Å². The summed E-state index contributed by atoms with van der Waals surface area (Å²) in [6.45, 7) is 0. The molecule has 76 valence electrons. The van der Waals surface area contributed by atoms with Crippen LogP contribution in [0.25, 0.3) is 0 Å². The lowest BCUT2D eigenvalue weighted by Gasteiger charge is -2.24. The van der Waals surface area contributed by atoms with Crippen LogP contribution in [0.1, 0.15) is 0 Å². The molecular weight excluding hydrogens is 198 g/mol. The van der Waals surface area contributed by atoms with E-state index >= 15 is 0 Å². The Kier molecular flexibility index (Phi) is 2.18. The van der Waals surface area contributed by atoms with Crippen LogP contribution >= 0.6 is 0 Å². The van der Waals surface area contributed by atoms with Crippen molar-refractivity contribution in [1.29, 1.82) is 0 Å². The number of amides is 1. The van der Waals surface area contributed by atoms with Crippen LogP contribution in [0.2, 0.25) is 0 Å². The molecule has 0 fully saturated rings. The van der Waals surface area contributed by atoms with Gasteiger partial charge in [0.15, 0.2) is 5.70 Å². The van der Waals surface area contributed by atoms with Gasteiger partial charge >= 0.3 is 5.91 Å². The number of hydrogen-bond acceptors (Lipinski definition) is 5. The van der Waals surface area contributed by atoms with E-state index in [1.807, 2.05) is 0 Å². The first kappa shape index (κ1) is 9.35. The van der Waals surface area contributed by atoms with Crippen molar-refractivity contribution < 1.29 is 10.0 Å². The van der Waals surface area contributed by atoms with E-state index in [1.165, 1.54) is 6.20 Å². The zero-order valence-corrected chi connectivity index (χ0v) is 7.54. The molecule has 0 aromatic heterocycles. The Balaban J connectivity index is 2.41. The molecule has 6 nitrogen and oxygen atoms in total. The molecule has 0 aliphatic carbocycles. The molecular formula is C9H7N3O3. The number of anilines is 2. The van der Waals surface area contributed by atoms with E-state index in [1.54, 1.807) is 24.3 Å². The first-order valence-electron chi connectivity index (χ1n) is 4.16. The molecule has 1 aliphatic heterocycles. The van der Waals surface area contributed by atoms with Gasteiger partial charge in [-0.3, -0.25) is 10.0 Å². The number of benzene rings is 1. The maximum atomic E-state index is 11.0. The molecule has 0 atom stereocenters. The summed E-state index contributed by atoms with van der Waals surface area (Å²) in [5, 5.41) is 15.3. The van der Waals surface area contributed by atoms with Gasteiger partial charge in [-0.05, 0) is 12.1 Å². The Bertz CT molecular complexity index is 456. The Morgan fingerprint density at radius 1 is 1.40 bits per heavy atom. The summed E-state index contributed by atoms with van der Waals surface area (Å²) >= 11 is 0. The molecule has 0 radical (unpaired) electrons. The van der Waals surface area contributed by atoms with Crippen LogP contribution < -0.4 is 10.4 Å². The second-order valence-electron chi connectivity index (χ2n) is 2.90. The Labute approximate surface area is 84.7 Å². The third-order valence-electron chi connectivity index (χ3n) is 2.03. The van der Waals surface area contributed by atoms with Gasteiger partial charge in [-0.25, -0.2) is 5.06 Å². The predicted molar refractivity (Wildman–Crippen MR) is 53.2 cm³/mol. The number of fused-ring (bicyclic) bond motifs is 1. The number of nitrogens with one attached hydrogen (secondary N) is 1. The van der Waals surface area contributed by atoms with Gasteiger partial charge in [0.2, 0.25) is 0 Å². The van der Waals surface area contributed by atoms with Gasteiger partial charge < -0.3 is 5.32 Å². The SMILES string of the molecule is O=NC(=O)C1=CNc2ccccc2N1O. The largest absolute Gasteiger partial charge is 0.358 e. The highest BCUT2D eigenvalue weighted by atomic mass is 16.5. The molecule has 1 aromatic rings. The Morgan fingerprint density at radius 3 is 2.87 bits per heavy atom. The average molecular weight is 205 g/mol. The maximum Gasteiger partial charge on any atom is 0.336 e. The smallest absolute Gasteiger partial charge is 0.336 e. The van der Waals surface area contributed by atoms with Crippen molar-refractivity contribution in [1.82, 2.24) is 0 Å². The Morgan fingerprint density at radius 2 is 2.13 bits per heavy atom. The van der Waals surface area contributed by atoms with Crippen molar-refractivity contribution in [3.63, 3.8) is 0 Å². The molecule has 1 amide bonds. The Hall–Kier alpha value is -2.21. The minimum Gasteiger partial charge on any atom is -0.358 e. The number of nitrogens with zero attached hydrogens (tertiary/aromatic N) is 2. The molecule has 0 spiro atoms. The third kappa shape index (κ3) is 1.46. The summed E-state index contributed by atoms with van der Waals surface area (Å²) in [4.78, 5) is 21.1. The van der Waals surface area contributed by atoms with E-state index in [0.29, 0.717) is 16.4 Å². The number of hydrogen-bond donors (Lipinski definition) is 2. The van der Waals surface area contributed by atoms with E-state index in [9.17, 15) is 14.9 Å². The topological polar surface area (TPSA) is 82.0 Å². The summed E-state index contributed by atoms with van der Waals surface area (Å²) < 4.78 is 0. The van der Waals surface area contributed by atoms with Crippen molar-refractivity contribution in [2.24, 2.45) is 5.18 Å². The minimum absolute atomic E-state index is 0.205. The molecule has 15 heavy (non-hydrogen) atoms. The van der Waals surface area contributed by atoms with Crippen LogP contribution in [0, 0.1) is 4.91 Å². The lowest BCUT2D eigenvalue weighted by Crippen LogP contribution is -2.27. The molecule has 0 saturated carbocycles. The monoisotopic (exact) mass is 205 g/mol. The van der Waals surface area contributed by atoms with E-state index in [2.05, 4.69) is 10.5 Å². The van der Waals surface area contributed by atoms with Gasteiger partial charge in [0, 0.05) is 11.4 Å². The fraction of sp³-hybridized carbons (Fsp3) is 0. The molecule has 1 aliphatic rings. The van der Waals surface area contributed by atoms with E-state index in [0.717, 1.165) is 0 Å². The number of nitroso groups, excluding NO2 is 1. The molecule has 0 bridgehead atoms. The van der Waals surface area contributed by atoms with Crippen molar-refractivity contribution in [2.75, 3.05) is 10.4 Å². The maximum absolute atomic E-state index is 11.0. The van der Waals surface area contributed by atoms with Crippen molar-refractivity contribution >= 4 is 17.3 Å². The molecule has 1 aromatic carbocycles. The number of carbonyl (C=O) groups is 1. The fourth-order valence-electron chi connectivity index (χ4n) is 1.32. The molecule has 1 heterocycles. The van der Waals surface area contributed by atoms with E-state index in [-0.39, 0.29) is 5.70 Å². The lowest BCUT2D eigenvalue weighted by atomic mass is 10.2. The molecule has 0 saturated heterocycles. The second-order valence-corrected chi connectivity index (χ2v) is 2.90. The lowest BCUT2D eigenvalue weighted by molar-refractivity contribution is -0.115. The van der Waals surface area contributed by atoms with Crippen molar-refractivity contribution in [3.05, 3.63) is 41.1 Å². The quantitative estimate of drug-likeness (QED) is 0.678. The fourth-order valence-corrected chi connectivity index (χ4v) is 1.32. The van der Waals surface area contributed by atoms with Crippen molar-refractivity contribution in [3.8, 4) is 0 Å². The van der Waals surface area contributed by atoms with Crippen LogP contribution in [0.15, 0.2) is 41.3 Å². The number of carbonyl (C=O) groups excluding carboxylic acids is 1. The average Bonchev–Trinajstić information content (AvgIpc) is 2.29.